The number of rotatable bonds is 4. The molecule has 0 fully saturated rings. The molecule has 1 N–H and O–H groups in total. The Balaban J connectivity index is 2.12. The first-order valence-corrected chi connectivity index (χ1v) is 5.82. The third-order valence-electron chi connectivity index (χ3n) is 2.73. The number of carbonyl (C=O) groups is 1. The zero-order valence-electron chi connectivity index (χ0n) is 11.3. The predicted octanol–water partition coefficient (Wildman–Crippen LogP) is 0.344. The molecular formula is C11H11N7O3. The van der Waals surface area contributed by atoms with E-state index < -0.39 is 10.8 Å². The summed E-state index contributed by atoms with van der Waals surface area (Å²) in [6.07, 6.45) is 2.21. The first-order valence-electron chi connectivity index (χ1n) is 5.82. The van der Waals surface area contributed by atoms with E-state index in [1.54, 1.807) is 14.0 Å². The Morgan fingerprint density at radius 3 is 2.90 bits per heavy atom. The van der Waals surface area contributed by atoms with Crippen LogP contribution in [-0.4, -0.2) is 30.4 Å². The van der Waals surface area contributed by atoms with Gasteiger partial charge in [0.05, 0.1) is 10.6 Å². The van der Waals surface area contributed by atoms with E-state index in [4.69, 9.17) is 5.26 Å². The van der Waals surface area contributed by atoms with Gasteiger partial charge in [-0.15, -0.1) is 0 Å². The number of nitrogens with one attached hydrogen (secondary N) is 1. The average molecular weight is 289 g/mol. The van der Waals surface area contributed by atoms with Crippen molar-refractivity contribution in [2.24, 2.45) is 7.05 Å². The van der Waals surface area contributed by atoms with E-state index in [2.05, 4.69) is 15.5 Å². The van der Waals surface area contributed by atoms with Gasteiger partial charge in [-0.1, -0.05) is 0 Å². The van der Waals surface area contributed by atoms with Gasteiger partial charge in [0.25, 0.3) is 0 Å². The lowest BCUT2D eigenvalue weighted by atomic mass is 10.2. The smallest absolute Gasteiger partial charge is 0.307 e. The van der Waals surface area contributed by atoms with Crippen molar-refractivity contribution in [2.45, 2.75) is 13.5 Å². The summed E-state index contributed by atoms with van der Waals surface area (Å²) in [5, 5.41) is 29.9. The summed E-state index contributed by atoms with van der Waals surface area (Å²) in [5.74, 6) is -0.186. The topological polar surface area (TPSA) is 132 Å². The molecule has 0 saturated heterocycles. The van der Waals surface area contributed by atoms with Crippen LogP contribution in [0.3, 0.4) is 0 Å². The molecule has 2 rings (SSSR count). The molecule has 108 valence electrons. The number of nitro groups is 1. The number of aryl methyl sites for hydroxylation is 2. The van der Waals surface area contributed by atoms with E-state index in [1.165, 1.54) is 4.68 Å². The lowest BCUT2D eigenvalue weighted by molar-refractivity contribution is -0.385. The van der Waals surface area contributed by atoms with Crippen LogP contribution in [0.15, 0.2) is 12.4 Å². The first kappa shape index (κ1) is 14.2. The predicted molar refractivity (Wildman–Crippen MR) is 70.2 cm³/mol. The highest BCUT2D eigenvalue weighted by atomic mass is 16.6. The van der Waals surface area contributed by atoms with Crippen molar-refractivity contribution in [1.82, 2.24) is 19.6 Å². The van der Waals surface area contributed by atoms with E-state index in [9.17, 15) is 14.9 Å². The number of hydrogen-bond acceptors (Lipinski definition) is 6. The Bertz CT molecular complexity index is 752. The van der Waals surface area contributed by atoms with Crippen LogP contribution in [0.1, 0.15) is 11.3 Å². The molecule has 0 aliphatic heterocycles. The minimum absolute atomic E-state index is 0.197. The van der Waals surface area contributed by atoms with Crippen molar-refractivity contribution in [3.05, 3.63) is 33.8 Å². The number of amides is 1. The van der Waals surface area contributed by atoms with Crippen molar-refractivity contribution in [2.75, 3.05) is 5.32 Å². The minimum atomic E-state index is -0.598. The molecule has 0 aliphatic carbocycles. The molecule has 0 aromatic carbocycles. The Labute approximate surface area is 118 Å². The quantitative estimate of drug-likeness (QED) is 0.637. The van der Waals surface area contributed by atoms with Gasteiger partial charge in [-0.25, -0.2) is 0 Å². The van der Waals surface area contributed by atoms with E-state index in [0.717, 1.165) is 17.1 Å². The van der Waals surface area contributed by atoms with Crippen molar-refractivity contribution in [3.63, 3.8) is 0 Å². The zero-order valence-corrected chi connectivity index (χ0v) is 11.3. The number of nitriles is 1. The molecule has 0 bridgehead atoms. The molecule has 0 unspecified atom stereocenters. The lowest BCUT2D eigenvalue weighted by Crippen LogP contribution is -2.21. The molecule has 2 aromatic heterocycles. The summed E-state index contributed by atoms with van der Waals surface area (Å²) >= 11 is 0. The fourth-order valence-corrected chi connectivity index (χ4v) is 1.79. The number of anilines is 1. The largest absolute Gasteiger partial charge is 0.308 e. The molecule has 21 heavy (non-hydrogen) atoms. The zero-order chi connectivity index (χ0) is 15.6. The molecule has 0 saturated carbocycles. The number of hydrogen-bond donors (Lipinski definition) is 1. The van der Waals surface area contributed by atoms with Gasteiger partial charge in [0.15, 0.2) is 0 Å². The fourth-order valence-electron chi connectivity index (χ4n) is 1.79. The van der Waals surface area contributed by atoms with Crippen LogP contribution in [0.5, 0.6) is 0 Å². The molecule has 2 heterocycles. The van der Waals surface area contributed by atoms with E-state index in [0.29, 0.717) is 5.69 Å². The summed E-state index contributed by atoms with van der Waals surface area (Å²) in [5.41, 5.74) is 0.583. The Morgan fingerprint density at radius 2 is 2.33 bits per heavy atom. The standard InChI is InChI=1S/C11H11N7O3/c1-7-9(3-12)11(16(2)15-7)14-10(19)6-17-5-8(4-13-17)18(20)21/h4-5H,6H2,1-2H3,(H,14,19). The van der Waals surface area contributed by atoms with Crippen molar-refractivity contribution < 1.29 is 9.72 Å². The van der Waals surface area contributed by atoms with Crippen molar-refractivity contribution >= 4 is 17.4 Å². The van der Waals surface area contributed by atoms with E-state index in [-0.39, 0.29) is 23.6 Å². The van der Waals surface area contributed by atoms with Crippen LogP contribution >= 0.6 is 0 Å². The van der Waals surface area contributed by atoms with Gasteiger partial charge in [-0.2, -0.15) is 15.5 Å². The van der Waals surface area contributed by atoms with Crippen LogP contribution < -0.4 is 5.32 Å². The number of nitrogens with zero attached hydrogens (tertiary/aromatic N) is 6. The van der Waals surface area contributed by atoms with Gasteiger partial charge in [0, 0.05) is 7.05 Å². The van der Waals surface area contributed by atoms with Crippen LogP contribution in [0, 0.1) is 28.4 Å². The highest BCUT2D eigenvalue weighted by Gasteiger charge is 2.16. The summed E-state index contributed by atoms with van der Waals surface area (Å²) in [6.45, 7) is 1.45. The second-order valence-electron chi connectivity index (χ2n) is 4.25. The van der Waals surface area contributed by atoms with Gasteiger partial charge in [0.2, 0.25) is 5.91 Å². The molecule has 10 heteroatoms. The summed E-state index contributed by atoms with van der Waals surface area (Å²) in [4.78, 5) is 21.8. The monoisotopic (exact) mass is 289 g/mol. The average Bonchev–Trinajstić information content (AvgIpc) is 2.95. The second kappa shape index (κ2) is 5.41. The fraction of sp³-hybridized carbons (Fsp3) is 0.273. The van der Waals surface area contributed by atoms with Crippen molar-refractivity contribution in [1.29, 1.82) is 5.26 Å². The third-order valence-corrected chi connectivity index (χ3v) is 2.73. The third kappa shape index (κ3) is 2.86. The second-order valence-corrected chi connectivity index (χ2v) is 4.25. The van der Waals surface area contributed by atoms with Crippen LogP contribution in [0.25, 0.3) is 0 Å². The van der Waals surface area contributed by atoms with Gasteiger partial charge < -0.3 is 5.32 Å². The van der Waals surface area contributed by atoms with Crippen molar-refractivity contribution in [3.8, 4) is 6.07 Å². The maximum atomic E-state index is 11.9. The normalized spacial score (nSPS) is 10.1. The minimum Gasteiger partial charge on any atom is -0.308 e. The first-order chi connectivity index (χ1) is 9.92. The van der Waals surface area contributed by atoms with Crippen LogP contribution in [-0.2, 0) is 18.4 Å². The maximum absolute atomic E-state index is 11.9. The number of carbonyl (C=O) groups excluding carboxylic acids is 1. The Hall–Kier alpha value is -3.22. The summed E-state index contributed by atoms with van der Waals surface area (Å²) in [7, 11) is 1.60. The van der Waals surface area contributed by atoms with Gasteiger partial charge in [-0.3, -0.25) is 24.3 Å². The molecule has 1 amide bonds. The SMILES string of the molecule is Cc1nn(C)c(NC(=O)Cn2cc([N+](=O)[O-])cn2)c1C#N. The highest BCUT2D eigenvalue weighted by molar-refractivity contribution is 5.91. The summed E-state index contributed by atoms with van der Waals surface area (Å²) in [6, 6.07) is 1.96. The Morgan fingerprint density at radius 1 is 1.62 bits per heavy atom. The molecule has 0 spiro atoms. The molecular weight excluding hydrogens is 278 g/mol. The molecule has 10 nitrogen and oxygen atoms in total. The molecule has 0 atom stereocenters. The van der Waals surface area contributed by atoms with Crippen LogP contribution in [0.2, 0.25) is 0 Å². The maximum Gasteiger partial charge on any atom is 0.307 e. The van der Waals surface area contributed by atoms with Crippen LogP contribution in [0.4, 0.5) is 11.5 Å². The highest BCUT2D eigenvalue weighted by Crippen LogP contribution is 2.17. The van der Waals surface area contributed by atoms with E-state index >= 15 is 0 Å². The van der Waals surface area contributed by atoms with Gasteiger partial charge in [0.1, 0.15) is 36.4 Å². The Kier molecular flexibility index (Phi) is 3.66. The van der Waals surface area contributed by atoms with Gasteiger partial charge in [-0.05, 0) is 6.92 Å². The molecule has 0 radical (unpaired) electrons. The van der Waals surface area contributed by atoms with E-state index in [1.807, 2.05) is 6.07 Å². The number of aromatic nitrogens is 4. The lowest BCUT2D eigenvalue weighted by Gasteiger charge is -2.05. The molecule has 2 aromatic rings. The molecule has 0 aliphatic rings. The van der Waals surface area contributed by atoms with Gasteiger partial charge >= 0.3 is 5.69 Å². The summed E-state index contributed by atoms with van der Waals surface area (Å²) < 4.78 is 2.53.